The molecule has 0 saturated carbocycles. The molecule has 8 atom stereocenters. The van der Waals surface area contributed by atoms with Gasteiger partial charge in [0.25, 0.3) is 0 Å². The maximum atomic E-state index is 13.4. The Kier molecular flexibility index (Phi) is 10.8. The van der Waals surface area contributed by atoms with Crippen molar-refractivity contribution in [1.82, 2.24) is 15.2 Å². The van der Waals surface area contributed by atoms with E-state index in [-0.39, 0.29) is 11.9 Å². The lowest BCUT2D eigenvalue weighted by Crippen LogP contribution is -2.64. The highest BCUT2D eigenvalue weighted by atomic mass is 32.2. The number of amides is 1. The summed E-state index contributed by atoms with van der Waals surface area (Å²) < 4.78 is 6.09. The topological polar surface area (TPSA) is 118 Å². The molecule has 3 heterocycles. The van der Waals surface area contributed by atoms with E-state index in [0.29, 0.717) is 18.9 Å². The fourth-order valence-corrected chi connectivity index (χ4v) is 6.69. The summed E-state index contributed by atoms with van der Waals surface area (Å²) in [4.78, 5) is 21.8. The second-order valence-corrected chi connectivity index (χ2v) is 12.1. The van der Waals surface area contributed by atoms with Crippen molar-refractivity contribution in [3.8, 4) is 11.1 Å². The van der Waals surface area contributed by atoms with E-state index >= 15 is 0 Å². The third kappa shape index (κ3) is 7.35. The van der Waals surface area contributed by atoms with E-state index in [9.17, 15) is 20.1 Å². The molecule has 2 fully saturated rings. The molecule has 0 radical (unpaired) electrons. The predicted octanol–water partition coefficient (Wildman–Crippen LogP) is 2.35. The zero-order chi connectivity index (χ0) is 28.8. The number of hydrogen-bond donors (Lipinski definition) is 4. The van der Waals surface area contributed by atoms with Crippen molar-refractivity contribution >= 4 is 23.4 Å². The zero-order valence-electron chi connectivity index (χ0n) is 23.9. The number of aliphatic hydroxyl groups excluding tert-OH is 3. The van der Waals surface area contributed by atoms with Gasteiger partial charge in [0.2, 0.25) is 5.91 Å². The minimum absolute atomic E-state index is 0.114. The number of aromatic nitrogens is 1. The van der Waals surface area contributed by atoms with Crippen molar-refractivity contribution in [2.45, 2.75) is 74.5 Å². The molecule has 40 heavy (non-hydrogen) atoms. The van der Waals surface area contributed by atoms with Gasteiger partial charge in [0.1, 0.15) is 29.9 Å². The van der Waals surface area contributed by atoms with Crippen LogP contribution in [0.1, 0.15) is 32.6 Å². The van der Waals surface area contributed by atoms with Crippen molar-refractivity contribution in [3.63, 3.8) is 0 Å². The second kappa shape index (κ2) is 14.1. The summed E-state index contributed by atoms with van der Waals surface area (Å²) in [5.74, 6) is 0.489. The molecule has 9 nitrogen and oxygen atoms in total. The van der Waals surface area contributed by atoms with Gasteiger partial charge in [-0.2, -0.15) is 0 Å². The number of nitrogens with zero attached hydrogens (tertiary/aromatic N) is 3. The normalized spacial score (nSPS) is 29.7. The van der Waals surface area contributed by atoms with Crippen LogP contribution >= 0.6 is 11.8 Å². The van der Waals surface area contributed by atoms with Crippen LogP contribution in [0.5, 0.6) is 0 Å². The molecule has 4 rings (SSSR count). The number of benzene rings is 1. The number of likely N-dealkylation sites (N-methyl/N-ethyl adjacent to an activating group) is 1. The molecular weight excluding hydrogens is 528 g/mol. The summed E-state index contributed by atoms with van der Waals surface area (Å²) in [7, 11) is 3.99. The first kappa shape index (κ1) is 30.7. The van der Waals surface area contributed by atoms with Crippen molar-refractivity contribution in [1.29, 1.82) is 0 Å². The number of likely N-dealkylation sites (tertiary alicyclic amines) is 1. The highest BCUT2D eigenvalue weighted by Crippen LogP contribution is 2.31. The average molecular weight is 573 g/mol. The molecule has 2 saturated heterocycles. The van der Waals surface area contributed by atoms with Crippen LogP contribution < -0.4 is 10.2 Å². The number of thioether (sulfide) groups is 1. The van der Waals surface area contributed by atoms with Crippen LogP contribution in [0.4, 0.5) is 5.69 Å². The largest absolute Gasteiger partial charge is 0.388 e. The van der Waals surface area contributed by atoms with Gasteiger partial charge in [-0.1, -0.05) is 31.5 Å². The van der Waals surface area contributed by atoms with Crippen LogP contribution in [0.15, 0.2) is 48.8 Å². The number of carbonyl (C=O) groups is 1. The number of hydrogen-bond acceptors (Lipinski definition) is 9. The zero-order valence-corrected chi connectivity index (χ0v) is 24.7. The quantitative estimate of drug-likeness (QED) is 0.322. The van der Waals surface area contributed by atoms with E-state index in [4.69, 9.17) is 4.74 Å². The fraction of sp³-hybridized carbons (Fsp3) is 0.600. The lowest BCUT2D eigenvalue weighted by molar-refractivity contribution is -0.204. The van der Waals surface area contributed by atoms with Gasteiger partial charge in [0, 0.05) is 50.7 Å². The van der Waals surface area contributed by atoms with E-state index in [1.807, 2.05) is 54.5 Å². The van der Waals surface area contributed by atoms with Gasteiger partial charge in [-0.25, -0.2) is 0 Å². The summed E-state index contributed by atoms with van der Waals surface area (Å²) in [6, 6.07) is 11.5. The van der Waals surface area contributed by atoms with Crippen LogP contribution in [0.25, 0.3) is 11.1 Å². The van der Waals surface area contributed by atoms with Crippen LogP contribution in [-0.4, -0.2) is 106 Å². The van der Waals surface area contributed by atoms with Gasteiger partial charge in [-0.05, 0) is 61.4 Å². The average Bonchev–Trinajstić information content (AvgIpc) is 3.30. The summed E-state index contributed by atoms with van der Waals surface area (Å²) in [6.45, 7) is 3.52. The molecule has 2 aliphatic rings. The van der Waals surface area contributed by atoms with Crippen molar-refractivity contribution < 1.29 is 24.9 Å². The molecule has 220 valence electrons. The Labute approximate surface area is 241 Å². The number of ether oxygens (including phenoxy) is 1. The Morgan fingerprint density at radius 2 is 1.93 bits per heavy atom. The molecule has 0 aliphatic carbocycles. The van der Waals surface area contributed by atoms with E-state index < -0.39 is 35.9 Å². The number of nitrogens with one attached hydrogen (secondary N) is 1. The highest BCUT2D eigenvalue weighted by molar-refractivity contribution is 7.99. The SMILES string of the molecule is CCC[C@@H]1C[C@@H](CC(=O)N[C@H](CN(C)c2ccc(-c3cccnc3)cc2)[C@H]2OC(SC)[C@H](O)C(O)C2O)N(C)C1. The molecule has 4 N–H and O–H groups in total. The third-order valence-corrected chi connectivity index (χ3v) is 9.10. The summed E-state index contributed by atoms with van der Waals surface area (Å²) in [6.07, 6.45) is 4.14. The number of aliphatic hydroxyl groups is 3. The van der Waals surface area contributed by atoms with Gasteiger partial charge in [0.15, 0.2) is 0 Å². The first-order valence-corrected chi connectivity index (χ1v) is 15.4. The van der Waals surface area contributed by atoms with Crippen molar-refractivity contribution in [2.75, 3.05) is 38.3 Å². The highest BCUT2D eigenvalue weighted by Gasteiger charge is 2.47. The Balaban J connectivity index is 1.50. The summed E-state index contributed by atoms with van der Waals surface area (Å²) in [5, 5.41) is 35.1. The first-order chi connectivity index (χ1) is 19.2. The molecule has 0 spiro atoms. The number of rotatable bonds is 11. The predicted molar refractivity (Wildman–Crippen MR) is 159 cm³/mol. The van der Waals surface area contributed by atoms with Gasteiger partial charge in [-0.3, -0.25) is 9.78 Å². The standard InChI is InChI=1S/C30H44N4O5S/c1-5-7-19-14-23(33(2)17-19)15-25(35)32-24(29-27(37)26(36)28(38)30(39-29)40-4)18-34(3)22-11-9-20(10-12-22)21-8-6-13-31-16-21/h6,8-13,16,19,23-24,26-30,36-38H,5,7,14-15,17-18H2,1-4H3,(H,32,35)/t19-,23+,24-,26?,27?,28-,29-,30?/m1/s1. The minimum Gasteiger partial charge on any atom is -0.388 e. The molecular formula is C30H44N4O5S. The van der Waals surface area contributed by atoms with Gasteiger partial charge >= 0.3 is 0 Å². The van der Waals surface area contributed by atoms with Crippen LogP contribution in [-0.2, 0) is 9.53 Å². The minimum atomic E-state index is -1.38. The lowest BCUT2D eigenvalue weighted by atomic mass is 9.93. The van der Waals surface area contributed by atoms with Crippen LogP contribution in [0.3, 0.4) is 0 Å². The molecule has 1 aromatic carbocycles. The maximum Gasteiger partial charge on any atom is 0.221 e. The number of anilines is 1. The molecule has 2 aliphatic heterocycles. The Morgan fingerprint density at radius 3 is 2.58 bits per heavy atom. The molecule has 0 bridgehead atoms. The Hall–Kier alpha value is -2.21. The summed E-state index contributed by atoms with van der Waals surface area (Å²) >= 11 is 1.26. The van der Waals surface area contributed by atoms with Crippen molar-refractivity contribution in [3.05, 3.63) is 48.8 Å². The smallest absolute Gasteiger partial charge is 0.221 e. The monoisotopic (exact) mass is 572 g/mol. The number of carbonyl (C=O) groups excluding carboxylic acids is 1. The van der Waals surface area contributed by atoms with E-state index in [1.54, 1.807) is 12.5 Å². The molecule has 10 heteroatoms. The Bertz CT molecular complexity index is 1080. The third-order valence-electron chi connectivity index (χ3n) is 8.25. The van der Waals surface area contributed by atoms with Gasteiger partial charge in [-0.15, -0.1) is 11.8 Å². The number of pyridine rings is 1. The van der Waals surface area contributed by atoms with E-state index in [0.717, 1.165) is 42.6 Å². The molecule has 2 aromatic rings. The maximum absolute atomic E-state index is 13.4. The van der Waals surface area contributed by atoms with Crippen LogP contribution in [0.2, 0.25) is 0 Å². The summed E-state index contributed by atoms with van der Waals surface area (Å²) in [5.41, 5.74) is 2.28. The first-order valence-electron chi connectivity index (χ1n) is 14.2. The van der Waals surface area contributed by atoms with Crippen molar-refractivity contribution in [2.24, 2.45) is 5.92 Å². The fourth-order valence-electron chi connectivity index (χ4n) is 6.01. The van der Waals surface area contributed by atoms with Gasteiger partial charge in [0.05, 0.1) is 6.04 Å². The molecule has 1 aromatic heterocycles. The molecule has 1 amide bonds. The molecule has 3 unspecified atom stereocenters. The lowest BCUT2D eigenvalue weighted by Gasteiger charge is -2.44. The van der Waals surface area contributed by atoms with Gasteiger partial charge < -0.3 is 35.2 Å². The van der Waals surface area contributed by atoms with E-state index in [2.05, 4.69) is 29.2 Å². The Morgan fingerprint density at radius 1 is 1.18 bits per heavy atom. The second-order valence-electron chi connectivity index (χ2n) is 11.2. The van der Waals surface area contributed by atoms with E-state index in [1.165, 1.54) is 11.8 Å². The van der Waals surface area contributed by atoms with Crippen LogP contribution in [0, 0.1) is 5.92 Å².